The summed E-state index contributed by atoms with van der Waals surface area (Å²) in [6.45, 7) is 3.04. The number of anilines is 1. The van der Waals surface area contributed by atoms with Gasteiger partial charge in [0.05, 0.1) is 16.0 Å². The lowest BCUT2D eigenvalue weighted by Crippen LogP contribution is -2.05. The number of thiazole rings is 1. The maximum absolute atomic E-state index is 5.82. The highest BCUT2D eigenvalue weighted by molar-refractivity contribution is 7.09. The standard InChI is InChI=1S/C14H16N4S/c1-2-13-17-11-9-10(15)3-4-12(11)18(13)7-5-14-16-6-8-19-14/h3-4,6,8-9H,2,5,7,15H2,1H3. The molecule has 0 atom stereocenters. The van der Waals surface area contributed by atoms with Crippen molar-refractivity contribution in [3.05, 3.63) is 40.6 Å². The van der Waals surface area contributed by atoms with Crippen LogP contribution in [0.4, 0.5) is 5.69 Å². The van der Waals surface area contributed by atoms with Gasteiger partial charge in [0.25, 0.3) is 0 Å². The highest BCUT2D eigenvalue weighted by atomic mass is 32.1. The zero-order chi connectivity index (χ0) is 13.2. The predicted molar refractivity (Wildman–Crippen MR) is 79.3 cm³/mol. The van der Waals surface area contributed by atoms with Gasteiger partial charge >= 0.3 is 0 Å². The zero-order valence-electron chi connectivity index (χ0n) is 10.8. The van der Waals surface area contributed by atoms with Gasteiger partial charge in [-0.15, -0.1) is 11.3 Å². The fraction of sp³-hybridized carbons (Fsp3) is 0.286. The van der Waals surface area contributed by atoms with E-state index in [9.17, 15) is 0 Å². The van der Waals surface area contributed by atoms with Gasteiger partial charge in [0.15, 0.2) is 0 Å². The van der Waals surface area contributed by atoms with E-state index < -0.39 is 0 Å². The summed E-state index contributed by atoms with van der Waals surface area (Å²) in [7, 11) is 0. The van der Waals surface area contributed by atoms with Gasteiger partial charge in [0.1, 0.15) is 5.82 Å². The van der Waals surface area contributed by atoms with E-state index in [1.807, 2.05) is 23.7 Å². The second-order valence-electron chi connectivity index (χ2n) is 4.46. The van der Waals surface area contributed by atoms with E-state index in [4.69, 9.17) is 5.73 Å². The Morgan fingerprint density at radius 2 is 2.26 bits per heavy atom. The Bertz CT molecular complexity index is 685. The van der Waals surface area contributed by atoms with Crippen LogP contribution in [0.15, 0.2) is 29.8 Å². The third-order valence-corrected chi connectivity index (χ3v) is 4.04. The SMILES string of the molecule is CCc1nc2cc(N)ccc2n1CCc1nccs1. The van der Waals surface area contributed by atoms with Gasteiger partial charge in [-0.25, -0.2) is 9.97 Å². The Balaban J connectivity index is 1.96. The Hall–Kier alpha value is -1.88. The van der Waals surface area contributed by atoms with Crippen molar-refractivity contribution < 1.29 is 0 Å². The minimum atomic E-state index is 0.764. The van der Waals surface area contributed by atoms with Crippen molar-refractivity contribution in [2.75, 3.05) is 5.73 Å². The highest BCUT2D eigenvalue weighted by Crippen LogP contribution is 2.20. The summed E-state index contributed by atoms with van der Waals surface area (Å²) in [5.74, 6) is 1.11. The summed E-state index contributed by atoms with van der Waals surface area (Å²) in [6, 6.07) is 5.93. The van der Waals surface area contributed by atoms with Crippen LogP contribution in [-0.4, -0.2) is 14.5 Å². The van der Waals surface area contributed by atoms with Crippen LogP contribution in [0, 0.1) is 0 Å². The number of benzene rings is 1. The van der Waals surface area contributed by atoms with Gasteiger partial charge < -0.3 is 10.3 Å². The minimum absolute atomic E-state index is 0.764. The number of nitrogen functional groups attached to an aromatic ring is 1. The van der Waals surface area contributed by atoms with Gasteiger partial charge in [-0.2, -0.15) is 0 Å². The molecule has 98 valence electrons. The molecular weight excluding hydrogens is 256 g/mol. The number of aryl methyl sites for hydroxylation is 3. The number of nitrogens with two attached hydrogens (primary N) is 1. The molecule has 0 fully saturated rings. The average molecular weight is 272 g/mol. The number of aromatic nitrogens is 3. The van der Waals surface area contributed by atoms with Gasteiger partial charge in [-0.3, -0.25) is 0 Å². The van der Waals surface area contributed by atoms with Crippen LogP contribution in [0.5, 0.6) is 0 Å². The monoisotopic (exact) mass is 272 g/mol. The van der Waals surface area contributed by atoms with E-state index in [1.165, 1.54) is 5.01 Å². The smallest absolute Gasteiger partial charge is 0.109 e. The van der Waals surface area contributed by atoms with Crippen molar-refractivity contribution in [3.8, 4) is 0 Å². The van der Waals surface area contributed by atoms with E-state index in [1.54, 1.807) is 11.3 Å². The van der Waals surface area contributed by atoms with E-state index in [0.717, 1.165) is 41.9 Å². The van der Waals surface area contributed by atoms with Crippen molar-refractivity contribution >= 4 is 28.1 Å². The lowest BCUT2D eigenvalue weighted by Gasteiger charge is -2.06. The summed E-state index contributed by atoms with van der Waals surface area (Å²) >= 11 is 1.70. The van der Waals surface area contributed by atoms with Crippen LogP contribution in [0.3, 0.4) is 0 Å². The van der Waals surface area contributed by atoms with Crippen molar-refractivity contribution in [1.29, 1.82) is 0 Å². The number of fused-ring (bicyclic) bond motifs is 1. The number of hydrogen-bond donors (Lipinski definition) is 1. The molecule has 5 heteroatoms. The number of hydrogen-bond acceptors (Lipinski definition) is 4. The third kappa shape index (κ3) is 2.33. The van der Waals surface area contributed by atoms with Crippen LogP contribution < -0.4 is 5.73 Å². The summed E-state index contributed by atoms with van der Waals surface area (Å²) in [5, 5.41) is 3.18. The molecule has 2 N–H and O–H groups in total. The first kappa shape index (κ1) is 12.2. The van der Waals surface area contributed by atoms with Gasteiger partial charge in [0, 0.05) is 36.7 Å². The zero-order valence-corrected chi connectivity index (χ0v) is 11.7. The third-order valence-electron chi connectivity index (χ3n) is 3.20. The van der Waals surface area contributed by atoms with Crippen LogP contribution in [0.2, 0.25) is 0 Å². The second-order valence-corrected chi connectivity index (χ2v) is 5.44. The van der Waals surface area contributed by atoms with Gasteiger partial charge in [-0.1, -0.05) is 6.92 Å². The molecule has 19 heavy (non-hydrogen) atoms. The Morgan fingerprint density at radius 1 is 1.37 bits per heavy atom. The molecule has 2 aromatic heterocycles. The molecule has 0 unspecified atom stereocenters. The molecule has 0 bridgehead atoms. The summed E-state index contributed by atoms with van der Waals surface area (Å²) in [5.41, 5.74) is 8.72. The topological polar surface area (TPSA) is 56.7 Å². The number of rotatable bonds is 4. The normalized spacial score (nSPS) is 11.2. The lowest BCUT2D eigenvalue weighted by atomic mass is 10.3. The molecule has 0 radical (unpaired) electrons. The quantitative estimate of drug-likeness (QED) is 0.743. The maximum atomic E-state index is 5.82. The first-order chi connectivity index (χ1) is 9.28. The Kier molecular flexibility index (Phi) is 3.21. The molecule has 4 nitrogen and oxygen atoms in total. The summed E-state index contributed by atoms with van der Waals surface area (Å²) < 4.78 is 2.27. The number of imidazole rings is 1. The van der Waals surface area contributed by atoms with Crippen molar-refractivity contribution in [2.24, 2.45) is 0 Å². The molecule has 1 aromatic carbocycles. The van der Waals surface area contributed by atoms with Crippen molar-refractivity contribution in [2.45, 2.75) is 26.3 Å². The van der Waals surface area contributed by atoms with Crippen molar-refractivity contribution in [1.82, 2.24) is 14.5 Å². The molecule has 0 amide bonds. The maximum Gasteiger partial charge on any atom is 0.109 e. The minimum Gasteiger partial charge on any atom is -0.399 e. The van der Waals surface area contributed by atoms with Crippen LogP contribution in [-0.2, 0) is 19.4 Å². The fourth-order valence-electron chi connectivity index (χ4n) is 2.30. The fourth-order valence-corrected chi connectivity index (χ4v) is 2.91. The molecule has 3 aromatic rings. The van der Waals surface area contributed by atoms with Crippen LogP contribution in [0.25, 0.3) is 11.0 Å². The van der Waals surface area contributed by atoms with Crippen molar-refractivity contribution in [3.63, 3.8) is 0 Å². The second kappa shape index (κ2) is 5.01. The summed E-state index contributed by atoms with van der Waals surface area (Å²) in [6.07, 6.45) is 3.72. The first-order valence-corrected chi connectivity index (χ1v) is 7.29. The van der Waals surface area contributed by atoms with Crippen LogP contribution >= 0.6 is 11.3 Å². The predicted octanol–water partition coefficient (Wildman–Crippen LogP) is 2.88. The lowest BCUT2D eigenvalue weighted by molar-refractivity contribution is 0.672. The van der Waals surface area contributed by atoms with Gasteiger partial charge in [0.2, 0.25) is 0 Å². The van der Waals surface area contributed by atoms with E-state index >= 15 is 0 Å². The average Bonchev–Trinajstić information content (AvgIpc) is 3.02. The largest absolute Gasteiger partial charge is 0.399 e. The highest BCUT2D eigenvalue weighted by Gasteiger charge is 2.09. The van der Waals surface area contributed by atoms with E-state index in [-0.39, 0.29) is 0 Å². The molecular formula is C14H16N4S. The molecule has 0 saturated heterocycles. The molecule has 3 rings (SSSR count). The molecule has 2 heterocycles. The molecule has 0 aliphatic carbocycles. The Morgan fingerprint density at radius 3 is 3.00 bits per heavy atom. The molecule has 0 aliphatic heterocycles. The van der Waals surface area contributed by atoms with E-state index in [0.29, 0.717) is 0 Å². The molecule has 0 saturated carbocycles. The molecule has 0 aliphatic rings. The molecule has 0 spiro atoms. The van der Waals surface area contributed by atoms with Crippen LogP contribution in [0.1, 0.15) is 17.8 Å². The Labute approximate surface area is 115 Å². The first-order valence-electron chi connectivity index (χ1n) is 6.41. The summed E-state index contributed by atoms with van der Waals surface area (Å²) in [4.78, 5) is 8.99. The number of nitrogens with zero attached hydrogens (tertiary/aromatic N) is 3. The van der Waals surface area contributed by atoms with E-state index in [2.05, 4.69) is 27.5 Å². The van der Waals surface area contributed by atoms with Gasteiger partial charge in [-0.05, 0) is 18.2 Å².